The van der Waals surface area contributed by atoms with E-state index in [1.165, 1.54) is 0 Å². The SMILES string of the molecule is O=C1C(O)=C(O)C(=O)c2c1oc1ccccc21. The van der Waals surface area contributed by atoms with Crippen LogP contribution in [0.25, 0.3) is 11.0 Å². The largest absolute Gasteiger partial charge is 0.501 e. The number of hydrogen-bond acceptors (Lipinski definition) is 5. The molecule has 3 rings (SSSR count). The maximum Gasteiger partial charge on any atom is 0.267 e. The van der Waals surface area contributed by atoms with Crippen LogP contribution < -0.4 is 0 Å². The van der Waals surface area contributed by atoms with Gasteiger partial charge in [-0.05, 0) is 6.07 Å². The summed E-state index contributed by atoms with van der Waals surface area (Å²) in [5.41, 5.74) is 0.364. The monoisotopic (exact) mass is 230 g/mol. The van der Waals surface area contributed by atoms with E-state index in [9.17, 15) is 19.8 Å². The van der Waals surface area contributed by atoms with E-state index in [2.05, 4.69) is 0 Å². The summed E-state index contributed by atoms with van der Waals surface area (Å²) < 4.78 is 5.22. The van der Waals surface area contributed by atoms with Crippen molar-refractivity contribution in [3.05, 3.63) is 47.1 Å². The van der Waals surface area contributed by atoms with Crippen molar-refractivity contribution in [1.82, 2.24) is 0 Å². The Morgan fingerprint density at radius 1 is 0.941 bits per heavy atom. The average molecular weight is 230 g/mol. The zero-order valence-electron chi connectivity index (χ0n) is 8.43. The first-order valence-electron chi connectivity index (χ1n) is 4.84. The molecule has 0 bridgehead atoms. The van der Waals surface area contributed by atoms with E-state index in [1.54, 1.807) is 24.3 Å². The van der Waals surface area contributed by atoms with E-state index in [0.717, 1.165) is 0 Å². The quantitative estimate of drug-likeness (QED) is 0.723. The Hall–Kier alpha value is -2.56. The van der Waals surface area contributed by atoms with Crippen molar-refractivity contribution in [1.29, 1.82) is 0 Å². The van der Waals surface area contributed by atoms with Crippen LogP contribution in [0.4, 0.5) is 0 Å². The lowest BCUT2D eigenvalue weighted by Crippen LogP contribution is -2.20. The number of ketones is 2. The average Bonchev–Trinajstić information content (AvgIpc) is 2.73. The lowest BCUT2D eigenvalue weighted by Gasteiger charge is -2.08. The third-order valence-electron chi connectivity index (χ3n) is 2.68. The first kappa shape index (κ1) is 9.65. The first-order chi connectivity index (χ1) is 8.11. The van der Waals surface area contributed by atoms with Gasteiger partial charge in [0.15, 0.2) is 5.76 Å². The third kappa shape index (κ3) is 1.08. The summed E-state index contributed by atoms with van der Waals surface area (Å²) in [5.74, 6) is -3.82. The molecule has 5 nitrogen and oxygen atoms in total. The van der Waals surface area contributed by atoms with Crippen molar-refractivity contribution in [3.8, 4) is 0 Å². The molecule has 1 aliphatic rings. The van der Waals surface area contributed by atoms with Crippen LogP contribution in [-0.2, 0) is 0 Å². The number of allylic oxidation sites excluding steroid dienone is 2. The van der Waals surface area contributed by atoms with Crippen molar-refractivity contribution in [2.24, 2.45) is 0 Å². The maximum absolute atomic E-state index is 11.8. The summed E-state index contributed by atoms with van der Waals surface area (Å²) in [7, 11) is 0. The minimum absolute atomic E-state index is 0.000833. The van der Waals surface area contributed by atoms with Crippen molar-refractivity contribution in [2.45, 2.75) is 0 Å². The first-order valence-corrected chi connectivity index (χ1v) is 4.84. The topological polar surface area (TPSA) is 87.7 Å². The van der Waals surface area contributed by atoms with Gasteiger partial charge in [-0.2, -0.15) is 0 Å². The molecule has 0 spiro atoms. The van der Waals surface area contributed by atoms with Crippen LogP contribution >= 0.6 is 0 Å². The summed E-state index contributed by atoms with van der Waals surface area (Å²) in [6, 6.07) is 6.59. The van der Waals surface area contributed by atoms with E-state index < -0.39 is 23.1 Å². The van der Waals surface area contributed by atoms with Gasteiger partial charge < -0.3 is 14.6 Å². The summed E-state index contributed by atoms with van der Waals surface area (Å²) in [5, 5.41) is 19.1. The number of carbonyl (C=O) groups excluding carboxylic acids is 2. The van der Waals surface area contributed by atoms with Gasteiger partial charge >= 0.3 is 0 Å². The van der Waals surface area contributed by atoms with Crippen molar-refractivity contribution in [2.75, 3.05) is 0 Å². The minimum Gasteiger partial charge on any atom is -0.501 e. The summed E-state index contributed by atoms with van der Waals surface area (Å²) in [6.07, 6.45) is 0. The van der Waals surface area contributed by atoms with Crippen molar-refractivity contribution >= 4 is 22.5 Å². The van der Waals surface area contributed by atoms with Crippen molar-refractivity contribution in [3.63, 3.8) is 0 Å². The Kier molecular flexibility index (Phi) is 1.69. The predicted octanol–water partition coefficient (Wildman–Crippen LogP) is 2.14. The van der Waals surface area contributed by atoms with Gasteiger partial charge in [0.05, 0.1) is 5.56 Å². The maximum atomic E-state index is 11.8. The Bertz CT molecular complexity index is 705. The van der Waals surface area contributed by atoms with Gasteiger partial charge in [0.2, 0.25) is 17.3 Å². The molecule has 1 aliphatic carbocycles. The van der Waals surface area contributed by atoms with Crippen LogP contribution in [0.15, 0.2) is 40.2 Å². The molecule has 2 N–H and O–H groups in total. The highest BCUT2D eigenvalue weighted by Gasteiger charge is 2.37. The number of benzene rings is 1. The predicted molar refractivity (Wildman–Crippen MR) is 57.2 cm³/mol. The second-order valence-electron chi connectivity index (χ2n) is 3.66. The molecule has 0 saturated carbocycles. The number of aliphatic hydroxyl groups is 2. The van der Waals surface area contributed by atoms with Gasteiger partial charge in [-0.15, -0.1) is 0 Å². The lowest BCUT2D eigenvalue weighted by atomic mass is 9.97. The van der Waals surface area contributed by atoms with E-state index in [1.807, 2.05) is 0 Å². The van der Waals surface area contributed by atoms with Gasteiger partial charge in [0.25, 0.3) is 5.78 Å². The molecule has 1 heterocycles. The van der Waals surface area contributed by atoms with Crippen LogP contribution in [-0.4, -0.2) is 21.8 Å². The molecule has 84 valence electrons. The van der Waals surface area contributed by atoms with E-state index >= 15 is 0 Å². The lowest BCUT2D eigenvalue weighted by molar-refractivity contribution is 0.0863. The number of Topliss-reactive ketones (excluding diaryl/α,β-unsaturated/α-hetero) is 2. The molecule has 0 radical (unpaired) electrons. The van der Waals surface area contributed by atoms with Gasteiger partial charge in [0.1, 0.15) is 5.58 Å². The highest BCUT2D eigenvalue weighted by molar-refractivity contribution is 6.28. The molecule has 0 atom stereocenters. The number of carbonyl (C=O) groups is 2. The standard InChI is InChI=1S/C12H6O5/c13-8-7-5-3-1-2-4-6(5)17-12(7)11(16)10(15)9(8)14/h1-4,14-15H. The fourth-order valence-electron chi connectivity index (χ4n) is 1.87. The zero-order valence-corrected chi connectivity index (χ0v) is 8.43. The molecule has 0 saturated heterocycles. The van der Waals surface area contributed by atoms with Crippen LogP contribution in [0.5, 0.6) is 0 Å². The third-order valence-corrected chi connectivity index (χ3v) is 2.68. The number of hydrogen-bond donors (Lipinski definition) is 2. The van der Waals surface area contributed by atoms with Crippen LogP contribution in [0.1, 0.15) is 20.9 Å². The normalized spacial score (nSPS) is 15.5. The van der Waals surface area contributed by atoms with Gasteiger partial charge in [-0.3, -0.25) is 9.59 Å². The second-order valence-corrected chi connectivity index (χ2v) is 3.66. The van der Waals surface area contributed by atoms with Gasteiger partial charge in [0, 0.05) is 5.39 Å². The summed E-state index contributed by atoms with van der Waals surface area (Å²) in [6.45, 7) is 0. The Morgan fingerprint density at radius 2 is 1.59 bits per heavy atom. The van der Waals surface area contributed by atoms with E-state index in [-0.39, 0.29) is 11.3 Å². The number of aliphatic hydroxyl groups excluding tert-OH is 2. The molecule has 17 heavy (non-hydrogen) atoms. The molecule has 0 unspecified atom stereocenters. The number of furan rings is 1. The second kappa shape index (κ2) is 2.98. The minimum atomic E-state index is -0.971. The van der Waals surface area contributed by atoms with Crippen LogP contribution in [0, 0.1) is 0 Å². The molecule has 1 aromatic heterocycles. The summed E-state index contributed by atoms with van der Waals surface area (Å²) >= 11 is 0. The molecule has 0 fully saturated rings. The fourth-order valence-corrected chi connectivity index (χ4v) is 1.87. The Labute approximate surface area is 94.6 Å². The van der Waals surface area contributed by atoms with Crippen LogP contribution in [0.2, 0.25) is 0 Å². The number of para-hydroxylation sites is 1. The van der Waals surface area contributed by atoms with Crippen molar-refractivity contribution < 1.29 is 24.2 Å². The molecular formula is C12H6O5. The molecule has 1 aromatic carbocycles. The smallest absolute Gasteiger partial charge is 0.267 e. The van der Waals surface area contributed by atoms with Gasteiger partial charge in [-0.25, -0.2) is 0 Å². The summed E-state index contributed by atoms with van der Waals surface area (Å²) in [4.78, 5) is 23.4. The number of fused-ring (bicyclic) bond motifs is 3. The Balaban J connectivity index is 2.44. The number of rotatable bonds is 0. The molecular weight excluding hydrogens is 224 g/mol. The molecule has 0 aliphatic heterocycles. The molecule has 5 heteroatoms. The Morgan fingerprint density at radius 3 is 2.35 bits per heavy atom. The fraction of sp³-hybridized carbons (Fsp3) is 0. The van der Waals surface area contributed by atoms with Crippen LogP contribution in [0.3, 0.4) is 0 Å². The molecule has 0 amide bonds. The molecule has 2 aromatic rings. The highest BCUT2D eigenvalue weighted by atomic mass is 16.4. The van der Waals surface area contributed by atoms with Gasteiger partial charge in [-0.1, -0.05) is 18.2 Å². The highest BCUT2D eigenvalue weighted by Crippen LogP contribution is 2.32. The van der Waals surface area contributed by atoms with E-state index in [4.69, 9.17) is 4.42 Å². The zero-order chi connectivity index (χ0) is 12.2. The van der Waals surface area contributed by atoms with E-state index in [0.29, 0.717) is 11.0 Å².